The number of piperidine rings is 1. The quantitative estimate of drug-likeness (QED) is 0.425. The van der Waals surface area contributed by atoms with Crippen molar-refractivity contribution in [2.75, 3.05) is 6.54 Å². The molecule has 3 N–H and O–H groups in total. The maximum atomic E-state index is 13.2. The molecule has 7 nitrogen and oxygen atoms in total. The summed E-state index contributed by atoms with van der Waals surface area (Å²) in [6.45, 7) is 8.73. The number of rotatable bonds is 5. The van der Waals surface area contributed by atoms with Crippen molar-refractivity contribution < 1.29 is 23.8 Å². The molecule has 5 rings (SSSR count). The minimum absolute atomic E-state index is 0.0224. The molecule has 2 saturated carbocycles. The van der Waals surface area contributed by atoms with Gasteiger partial charge in [0.25, 0.3) is 0 Å². The number of hydrogen-bond acceptors (Lipinski definition) is 7. The number of ether oxygens (including phenoxy) is 3. The molecule has 5 fully saturated rings. The fourth-order valence-electron chi connectivity index (χ4n) is 8.64. The zero-order chi connectivity index (χ0) is 25.7. The molecule has 0 bridgehead atoms. The van der Waals surface area contributed by atoms with Crippen molar-refractivity contribution in [3.05, 3.63) is 11.6 Å². The highest BCUT2D eigenvalue weighted by Gasteiger charge is 2.70. The van der Waals surface area contributed by atoms with Gasteiger partial charge in [-0.2, -0.15) is 0 Å². The minimum Gasteiger partial charge on any atom is -0.462 e. The van der Waals surface area contributed by atoms with Crippen LogP contribution in [0.2, 0.25) is 0 Å². The molecule has 7 heteroatoms. The van der Waals surface area contributed by atoms with Gasteiger partial charge >= 0.3 is 11.9 Å². The summed E-state index contributed by atoms with van der Waals surface area (Å²) in [5.74, 6) is 0.876. The van der Waals surface area contributed by atoms with Gasteiger partial charge in [-0.3, -0.25) is 4.79 Å². The van der Waals surface area contributed by atoms with Crippen molar-refractivity contribution in [3.63, 3.8) is 0 Å². The van der Waals surface area contributed by atoms with Crippen LogP contribution >= 0.6 is 0 Å². The van der Waals surface area contributed by atoms with Crippen LogP contribution in [0.1, 0.15) is 98.3 Å². The number of carbonyl (C=O) groups excluding carboxylic acids is 2. The van der Waals surface area contributed by atoms with Crippen LogP contribution in [0.4, 0.5) is 0 Å². The Labute approximate surface area is 216 Å². The Balaban J connectivity index is 1.53. The molecular formula is C29H46N2O5. The van der Waals surface area contributed by atoms with E-state index < -0.39 is 11.2 Å². The van der Waals surface area contributed by atoms with E-state index in [1.807, 2.05) is 19.9 Å². The maximum absolute atomic E-state index is 13.2. The molecule has 0 amide bonds. The highest BCUT2D eigenvalue weighted by atomic mass is 16.6. The summed E-state index contributed by atoms with van der Waals surface area (Å²) in [4.78, 5) is 25.2. The molecule has 0 spiro atoms. The molecule has 6 unspecified atom stereocenters. The lowest BCUT2D eigenvalue weighted by molar-refractivity contribution is -0.251. The third-order valence-electron chi connectivity index (χ3n) is 10.6. The molecule has 36 heavy (non-hydrogen) atoms. The molecular weight excluding hydrogens is 456 g/mol. The molecule has 5 aliphatic rings. The standard InChI is InChI=1S/C29H46N2O5/c1-5-18(2)26(33)36-27(3,4)29(28(12-6-7-13-28)21-9-10-24(30)31-17-21)16-20-14-19-8-11-25(32)34-22(19)15-23(20)35-29/h5,19-24,31H,6-17,30H2,1-4H3/t19?,20?,21?,22?,23?,24?,29-/m1/s1. The largest absolute Gasteiger partial charge is 0.462 e. The molecule has 0 radical (unpaired) electrons. The van der Waals surface area contributed by atoms with Gasteiger partial charge in [-0.05, 0) is 90.4 Å². The first-order chi connectivity index (χ1) is 17.1. The van der Waals surface area contributed by atoms with Crippen LogP contribution in [0, 0.1) is 23.2 Å². The summed E-state index contributed by atoms with van der Waals surface area (Å²) in [5.41, 5.74) is 5.37. The first-order valence-electron chi connectivity index (χ1n) is 14.3. The predicted molar refractivity (Wildman–Crippen MR) is 137 cm³/mol. The summed E-state index contributed by atoms with van der Waals surface area (Å²) in [5, 5.41) is 3.55. The van der Waals surface area contributed by atoms with Gasteiger partial charge in [0, 0.05) is 30.4 Å². The summed E-state index contributed by atoms with van der Waals surface area (Å²) >= 11 is 0. The topological polar surface area (TPSA) is 99.9 Å². The first kappa shape index (κ1) is 26.2. The summed E-state index contributed by atoms with van der Waals surface area (Å²) in [6, 6.07) is 0. The lowest BCUT2D eigenvalue weighted by Gasteiger charge is -2.58. The number of allylic oxidation sites excluding steroid dienone is 1. The van der Waals surface area contributed by atoms with Crippen LogP contribution in [0.25, 0.3) is 0 Å². The van der Waals surface area contributed by atoms with Gasteiger partial charge in [-0.1, -0.05) is 18.9 Å². The third-order valence-corrected chi connectivity index (χ3v) is 10.6. The van der Waals surface area contributed by atoms with Gasteiger partial charge in [0.15, 0.2) is 0 Å². The molecule has 2 aliphatic carbocycles. The molecule has 0 aromatic carbocycles. The van der Waals surface area contributed by atoms with Crippen LogP contribution in [-0.4, -0.2) is 48.1 Å². The Morgan fingerprint density at radius 1 is 1.14 bits per heavy atom. The maximum Gasteiger partial charge on any atom is 0.334 e. The molecule has 3 heterocycles. The average Bonchev–Trinajstić information content (AvgIpc) is 3.49. The number of esters is 2. The fourth-order valence-corrected chi connectivity index (χ4v) is 8.64. The van der Waals surface area contributed by atoms with Crippen LogP contribution in [0.5, 0.6) is 0 Å². The van der Waals surface area contributed by atoms with Crippen LogP contribution in [-0.2, 0) is 23.8 Å². The van der Waals surface area contributed by atoms with Crippen molar-refractivity contribution in [1.29, 1.82) is 0 Å². The number of hydrogen-bond donors (Lipinski definition) is 2. The Bertz CT molecular complexity index is 886. The van der Waals surface area contributed by atoms with Gasteiger partial charge in [0.05, 0.1) is 12.3 Å². The van der Waals surface area contributed by atoms with Gasteiger partial charge in [-0.15, -0.1) is 0 Å². The molecule has 0 aromatic rings. The Kier molecular flexibility index (Phi) is 7.05. The second-order valence-electron chi connectivity index (χ2n) is 12.8. The fraction of sp³-hybridized carbons (Fsp3) is 0.862. The van der Waals surface area contributed by atoms with Crippen molar-refractivity contribution in [2.24, 2.45) is 28.9 Å². The number of nitrogens with one attached hydrogen (secondary N) is 1. The van der Waals surface area contributed by atoms with E-state index in [9.17, 15) is 9.59 Å². The smallest absolute Gasteiger partial charge is 0.334 e. The van der Waals surface area contributed by atoms with Crippen LogP contribution < -0.4 is 11.1 Å². The van der Waals surface area contributed by atoms with E-state index in [4.69, 9.17) is 19.9 Å². The van der Waals surface area contributed by atoms with E-state index in [-0.39, 0.29) is 35.7 Å². The van der Waals surface area contributed by atoms with Crippen molar-refractivity contribution >= 4 is 11.9 Å². The SMILES string of the molecule is CC=C(C)C(=O)OC(C)(C)[C@@]1(C2(C3CCC(N)NC3)CCCC2)CC2CC3CCC(=O)OC3CC2O1. The molecule has 7 atom stereocenters. The molecule has 3 saturated heterocycles. The van der Waals surface area contributed by atoms with Gasteiger partial charge in [0.2, 0.25) is 0 Å². The lowest BCUT2D eigenvalue weighted by atomic mass is 9.54. The Morgan fingerprint density at radius 3 is 2.56 bits per heavy atom. The van der Waals surface area contributed by atoms with E-state index in [0.717, 1.165) is 57.9 Å². The van der Waals surface area contributed by atoms with Gasteiger partial charge in [0.1, 0.15) is 17.3 Å². The van der Waals surface area contributed by atoms with E-state index in [2.05, 4.69) is 19.2 Å². The van der Waals surface area contributed by atoms with Gasteiger partial charge < -0.3 is 25.3 Å². The Hall–Kier alpha value is -1.44. The zero-order valence-corrected chi connectivity index (χ0v) is 22.6. The van der Waals surface area contributed by atoms with Crippen LogP contribution in [0.3, 0.4) is 0 Å². The van der Waals surface area contributed by atoms with Crippen LogP contribution in [0.15, 0.2) is 11.6 Å². The number of carbonyl (C=O) groups is 2. The zero-order valence-electron chi connectivity index (χ0n) is 22.6. The first-order valence-corrected chi connectivity index (χ1v) is 14.3. The molecule has 3 aliphatic heterocycles. The van der Waals surface area contributed by atoms with Crippen molar-refractivity contribution in [3.8, 4) is 0 Å². The lowest BCUT2D eigenvalue weighted by Crippen LogP contribution is -2.66. The highest BCUT2D eigenvalue weighted by Crippen LogP contribution is 2.65. The summed E-state index contributed by atoms with van der Waals surface area (Å²) in [6.07, 6.45) is 12.5. The third kappa shape index (κ3) is 4.23. The van der Waals surface area contributed by atoms with Crippen molar-refractivity contribution in [2.45, 2.75) is 128 Å². The van der Waals surface area contributed by atoms with Crippen molar-refractivity contribution in [1.82, 2.24) is 5.32 Å². The number of fused-ring (bicyclic) bond motifs is 2. The molecule has 0 aromatic heterocycles. The van der Waals surface area contributed by atoms with E-state index >= 15 is 0 Å². The summed E-state index contributed by atoms with van der Waals surface area (Å²) in [7, 11) is 0. The number of nitrogens with two attached hydrogens (primary N) is 1. The highest BCUT2D eigenvalue weighted by molar-refractivity contribution is 5.88. The second kappa shape index (κ2) is 9.70. The Morgan fingerprint density at radius 2 is 1.89 bits per heavy atom. The minimum atomic E-state index is -0.808. The van der Waals surface area contributed by atoms with Gasteiger partial charge in [-0.25, -0.2) is 4.79 Å². The monoisotopic (exact) mass is 502 g/mol. The van der Waals surface area contributed by atoms with E-state index in [1.165, 1.54) is 12.8 Å². The summed E-state index contributed by atoms with van der Waals surface area (Å²) < 4.78 is 19.5. The average molecular weight is 503 g/mol. The normalized spacial score (nSPS) is 40.8. The van der Waals surface area contributed by atoms with E-state index in [0.29, 0.717) is 29.7 Å². The predicted octanol–water partition coefficient (Wildman–Crippen LogP) is 4.38. The van der Waals surface area contributed by atoms with E-state index in [1.54, 1.807) is 0 Å². The second-order valence-corrected chi connectivity index (χ2v) is 12.8. The molecule has 202 valence electrons.